The number of nitrogens with two attached hydrogens (primary N) is 1. The van der Waals surface area contributed by atoms with E-state index in [-0.39, 0.29) is 23.8 Å². The maximum Gasteiger partial charge on any atom is 0.243 e. The van der Waals surface area contributed by atoms with Gasteiger partial charge in [-0.15, -0.1) is 0 Å². The van der Waals surface area contributed by atoms with Gasteiger partial charge in [-0.25, -0.2) is 12.8 Å². The van der Waals surface area contributed by atoms with Crippen molar-refractivity contribution in [1.29, 1.82) is 5.26 Å². The maximum absolute atomic E-state index is 13.6. The first kappa shape index (κ1) is 22.1. The van der Waals surface area contributed by atoms with Crippen molar-refractivity contribution in [2.24, 2.45) is 11.7 Å². The number of nitriles is 1. The van der Waals surface area contributed by atoms with Gasteiger partial charge in [-0.05, 0) is 44.2 Å². The zero-order valence-corrected chi connectivity index (χ0v) is 17.4. The van der Waals surface area contributed by atoms with E-state index in [0.29, 0.717) is 19.5 Å². The third-order valence-corrected chi connectivity index (χ3v) is 7.79. The van der Waals surface area contributed by atoms with E-state index in [1.165, 1.54) is 9.21 Å². The zero-order chi connectivity index (χ0) is 21.2. The molecule has 7 nitrogen and oxygen atoms in total. The molecule has 0 spiro atoms. The summed E-state index contributed by atoms with van der Waals surface area (Å²) in [6.45, 7) is 2.69. The van der Waals surface area contributed by atoms with Crippen LogP contribution in [0.2, 0.25) is 0 Å². The molecule has 160 valence electrons. The van der Waals surface area contributed by atoms with Crippen LogP contribution in [0.3, 0.4) is 0 Å². The first-order valence-corrected chi connectivity index (χ1v) is 11.5. The van der Waals surface area contributed by atoms with Gasteiger partial charge in [0.2, 0.25) is 10.0 Å². The second kappa shape index (κ2) is 9.06. The van der Waals surface area contributed by atoms with Crippen molar-refractivity contribution in [2.75, 3.05) is 19.6 Å². The van der Waals surface area contributed by atoms with Crippen LogP contribution >= 0.6 is 0 Å². The van der Waals surface area contributed by atoms with Gasteiger partial charge < -0.3 is 10.8 Å². The second-order valence-electron chi connectivity index (χ2n) is 8.17. The van der Waals surface area contributed by atoms with Crippen LogP contribution in [0.25, 0.3) is 0 Å². The molecule has 0 bridgehead atoms. The van der Waals surface area contributed by atoms with Crippen LogP contribution in [-0.2, 0) is 10.0 Å². The lowest BCUT2D eigenvalue weighted by atomic mass is 9.92. The van der Waals surface area contributed by atoms with E-state index in [1.54, 1.807) is 24.3 Å². The fraction of sp³-hybridized carbons (Fsp3) is 0.650. The number of aliphatic hydroxyl groups is 1. The Kier molecular flexibility index (Phi) is 6.91. The highest BCUT2D eigenvalue weighted by Crippen LogP contribution is 2.28. The molecule has 2 saturated heterocycles. The van der Waals surface area contributed by atoms with E-state index >= 15 is 0 Å². The second-order valence-corrected chi connectivity index (χ2v) is 10.1. The smallest absolute Gasteiger partial charge is 0.243 e. The maximum atomic E-state index is 13.6. The lowest BCUT2D eigenvalue weighted by molar-refractivity contribution is -0.0217. The molecule has 0 radical (unpaired) electrons. The fourth-order valence-electron chi connectivity index (χ4n) is 4.28. The highest BCUT2D eigenvalue weighted by atomic mass is 32.2. The number of halogens is 1. The number of hydrogen-bond acceptors (Lipinski definition) is 6. The molecule has 0 saturated carbocycles. The lowest BCUT2D eigenvalue weighted by Crippen LogP contribution is -2.51. The predicted octanol–water partition coefficient (Wildman–Crippen LogP) is 1.37. The molecule has 9 heteroatoms. The summed E-state index contributed by atoms with van der Waals surface area (Å²) in [7, 11) is -3.58. The molecule has 3 rings (SSSR count). The van der Waals surface area contributed by atoms with E-state index in [1.807, 2.05) is 13.0 Å². The minimum atomic E-state index is -3.58. The molecule has 0 aromatic heterocycles. The van der Waals surface area contributed by atoms with Crippen LogP contribution < -0.4 is 5.73 Å². The Bertz CT molecular complexity index is 842. The average Bonchev–Trinajstić information content (AvgIpc) is 3.08. The van der Waals surface area contributed by atoms with E-state index < -0.39 is 34.5 Å². The van der Waals surface area contributed by atoms with Crippen LogP contribution in [0, 0.1) is 24.2 Å². The third-order valence-electron chi connectivity index (χ3n) is 5.91. The lowest BCUT2D eigenvalue weighted by Gasteiger charge is -2.36. The predicted molar refractivity (Wildman–Crippen MR) is 107 cm³/mol. The number of piperidine rings is 1. The number of alkyl halides is 1. The number of hydrogen-bond donors (Lipinski definition) is 2. The largest absolute Gasteiger partial charge is 0.377 e. The fourth-order valence-corrected chi connectivity index (χ4v) is 5.83. The van der Waals surface area contributed by atoms with Gasteiger partial charge in [0.05, 0.1) is 11.0 Å². The van der Waals surface area contributed by atoms with Crippen molar-refractivity contribution >= 4 is 10.0 Å². The molecule has 2 fully saturated rings. The van der Waals surface area contributed by atoms with Crippen molar-refractivity contribution in [1.82, 2.24) is 9.21 Å². The number of benzene rings is 1. The zero-order valence-electron chi connectivity index (χ0n) is 16.6. The Morgan fingerprint density at radius 1 is 1.34 bits per heavy atom. The normalized spacial score (nSPS) is 28.7. The molecule has 3 N–H and O–H groups in total. The Morgan fingerprint density at radius 3 is 2.69 bits per heavy atom. The van der Waals surface area contributed by atoms with Gasteiger partial charge in [-0.2, -0.15) is 9.57 Å². The van der Waals surface area contributed by atoms with Gasteiger partial charge >= 0.3 is 0 Å². The van der Waals surface area contributed by atoms with Gasteiger partial charge in [0.15, 0.2) is 0 Å². The Hall–Kier alpha value is -1.57. The van der Waals surface area contributed by atoms with E-state index in [4.69, 9.17) is 5.73 Å². The number of nitrogens with zero attached hydrogens (tertiary/aromatic N) is 3. The summed E-state index contributed by atoms with van der Waals surface area (Å²) in [5.41, 5.74) is 7.18. The first-order chi connectivity index (χ1) is 13.7. The quantitative estimate of drug-likeness (QED) is 0.714. The molecular formula is C20H29FN4O3S. The summed E-state index contributed by atoms with van der Waals surface area (Å²) in [5.74, 6) is -0.00191. The minimum Gasteiger partial charge on any atom is -0.377 e. The van der Waals surface area contributed by atoms with Gasteiger partial charge in [-0.1, -0.05) is 17.7 Å². The summed E-state index contributed by atoms with van der Waals surface area (Å²) >= 11 is 0. The number of likely N-dealkylation sites (tertiary alicyclic amines) is 1. The Labute approximate surface area is 172 Å². The number of aliphatic hydroxyl groups excluding tert-OH is 1. The highest BCUT2D eigenvalue weighted by molar-refractivity contribution is 7.89. The van der Waals surface area contributed by atoms with E-state index in [0.717, 1.165) is 18.4 Å². The van der Waals surface area contributed by atoms with Crippen molar-refractivity contribution in [2.45, 2.75) is 62.0 Å². The van der Waals surface area contributed by atoms with Crippen molar-refractivity contribution in [3.8, 4) is 6.07 Å². The summed E-state index contributed by atoms with van der Waals surface area (Å²) in [4.78, 5) is 1.69. The topological polar surface area (TPSA) is 111 Å². The molecule has 0 aliphatic carbocycles. The van der Waals surface area contributed by atoms with Crippen molar-refractivity contribution < 1.29 is 17.9 Å². The van der Waals surface area contributed by atoms with Crippen LogP contribution in [0.5, 0.6) is 0 Å². The summed E-state index contributed by atoms with van der Waals surface area (Å²) < 4.78 is 41.0. The molecule has 2 aliphatic heterocycles. The van der Waals surface area contributed by atoms with Crippen molar-refractivity contribution in [3.63, 3.8) is 0 Å². The molecular weight excluding hydrogens is 395 g/mol. The van der Waals surface area contributed by atoms with Gasteiger partial charge in [-0.3, -0.25) is 4.90 Å². The number of sulfonamides is 1. The molecule has 1 aromatic carbocycles. The van der Waals surface area contributed by atoms with Crippen molar-refractivity contribution in [3.05, 3.63) is 29.8 Å². The monoisotopic (exact) mass is 424 g/mol. The van der Waals surface area contributed by atoms with Crippen LogP contribution in [-0.4, -0.2) is 66.8 Å². The molecule has 2 unspecified atom stereocenters. The summed E-state index contributed by atoms with van der Waals surface area (Å²) in [5, 5.41) is 19.7. The van der Waals surface area contributed by atoms with Gasteiger partial charge in [0.25, 0.3) is 0 Å². The number of rotatable bonds is 6. The third kappa shape index (κ3) is 4.95. The molecule has 2 aliphatic rings. The molecule has 2 heterocycles. The van der Waals surface area contributed by atoms with E-state index in [2.05, 4.69) is 0 Å². The average molecular weight is 425 g/mol. The SMILES string of the molecule is Cc1ccc(S(=O)(=O)N2CCCC(C[C@H](N)C(O)N3C[C@@H](F)C[C@H]3C#N)C2)cc1. The Balaban J connectivity index is 1.63. The minimum absolute atomic E-state index is 0.00191. The van der Waals surface area contributed by atoms with Gasteiger partial charge in [0, 0.05) is 32.1 Å². The molecule has 5 atom stereocenters. The van der Waals surface area contributed by atoms with Crippen LogP contribution in [0.4, 0.5) is 4.39 Å². The highest BCUT2D eigenvalue weighted by Gasteiger charge is 2.39. The molecule has 29 heavy (non-hydrogen) atoms. The van der Waals surface area contributed by atoms with Crippen LogP contribution in [0.1, 0.15) is 31.2 Å². The van der Waals surface area contributed by atoms with E-state index in [9.17, 15) is 23.2 Å². The molecule has 1 aromatic rings. The molecule has 0 amide bonds. The number of aryl methyl sites for hydroxylation is 1. The Morgan fingerprint density at radius 2 is 2.03 bits per heavy atom. The summed E-state index contributed by atoms with van der Waals surface area (Å²) in [6.07, 6.45) is -0.252. The van der Waals surface area contributed by atoms with Gasteiger partial charge in [0.1, 0.15) is 18.4 Å². The van der Waals surface area contributed by atoms with Crippen LogP contribution in [0.15, 0.2) is 29.2 Å². The standard InChI is InChI=1S/C20H29FN4O3S/c1-14-4-6-18(7-5-14)29(27,28)24-8-2-3-15(12-24)9-19(23)20(26)25-13-16(21)10-17(25)11-22/h4-7,15-17,19-20,26H,2-3,8-10,12-13,23H2,1H3/t15?,16-,17-,19-,20?/m0/s1. The first-order valence-electron chi connectivity index (χ1n) is 10.0. The summed E-state index contributed by atoms with van der Waals surface area (Å²) in [6, 6.07) is 7.45.